The Labute approximate surface area is 121 Å². The summed E-state index contributed by atoms with van der Waals surface area (Å²) in [5.74, 6) is 0. The summed E-state index contributed by atoms with van der Waals surface area (Å²) in [5, 5.41) is 0. The summed E-state index contributed by atoms with van der Waals surface area (Å²) in [6, 6.07) is 17.1. The standard InChI is InChI=1S/C15H16BrNS/c1-11(17)10-12-6-8-13(9-7-12)18-15-5-3-2-4-14(15)16/h2-9,11H,10,17H2,1H3. The molecule has 1 atom stereocenters. The summed E-state index contributed by atoms with van der Waals surface area (Å²) < 4.78 is 1.13. The number of benzene rings is 2. The van der Waals surface area contributed by atoms with E-state index in [2.05, 4.69) is 58.4 Å². The van der Waals surface area contributed by atoms with Crippen molar-refractivity contribution in [1.82, 2.24) is 0 Å². The van der Waals surface area contributed by atoms with E-state index in [4.69, 9.17) is 5.73 Å². The second-order valence-electron chi connectivity index (χ2n) is 4.36. The lowest BCUT2D eigenvalue weighted by molar-refractivity contribution is 0.737. The van der Waals surface area contributed by atoms with Crippen molar-refractivity contribution in [3.8, 4) is 0 Å². The van der Waals surface area contributed by atoms with Gasteiger partial charge in [0.05, 0.1) is 0 Å². The van der Waals surface area contributed by atoms with Gasteiger partial charge in [-0.15, -0.1) is 0 Å². The van der Waals surface area contributed by atoms with Crippen LogP contribution in [0.4, 0.5) is 0 Å². The van der Waals surface area contributed by atoms with E-state index in [0.717, 1.165) is 10.9 Å². The Bertz CT molecular complexity index is 508. The van der Waals surface area contributed by atoms with Gasteiger partial charge in [-0.05, 0) is 59.1 Å². The number of rotatable bonds is 4. The third kappa shape index (κ3) is 3.87. The smallest absolute Gasteiger partial charge is 0.0314 e. The fourth-order valence-corrected chi connectivity index (χ4v) is 3.09. The van der Waals surface area contributed by atoms with Gasteiger partial charge in [0.25, 0.3) is 0 Å². The van der Waals surface area contributed by atoms with Crippen molar-refractivity contribution >= 4 is 27.7 Å². The van der Waals surface area contributed by atoms with Crippen LogP contribution in [0.15, 0.2) is 62.8 Å². The Hall–Kier alpha value is -0.770. The fourth-order valence-electron chi connectivity index (χ4n) is 1.72. The zero-order chi connectivity index (χ0) is 13.0. The average molecular weight is 322 g/mol. The number of hydrogen-bond donors (Lipinski definition) is 1. The van der Waals surface area contributed by atoms with Gasteiger partial charge < -0.3 is 5.73 Å². The lowest BCUT2D eigenvalue weighted by Crippen LogP contribution is -2.17. The van der Waals surface area contributed by atoms with E-state index in [1.54, 1.807) is 11.8 Å². The van der Waals surface area contributed by atoms with E-state index >= 15 is 0 Å². The number of hydrogen-bond acceptors (Lipinski definition) is 2. The summed E-state index contributed by atoms with van der Waals surface area (Å²) >= 11 is 5.33. The normalized spacial score (nSPS) is 12.4. The Kier molecular flexibility index (Phi) is 4.87. The van der Waals surface area contributed by atoms with Crippen molar-refractivity contribution in [2.24, 2.45) is 5.73 Å². The van der Waals surface area contributed by atoms with Gasteiger partial charge in [0.2, 0.25) is 0 Å². The van der Waals surface area contributed by atoms with Crippen LogP contribution in [0, 0.1) is 0 Å². The Morgan fingerprint density at radius 1 is 1.11 bits per heavy atom. The first-order valence-corrected chi connectivity index (χ1v) is 7.53. The molecule has 0 fully saturated rings. The zero-order valence-electron chi connectivity index (χ0n) is 10.3. The molecule has 94 valence electrons. The van der Waals surface area contributed by atoms with E-state index in [9.17, 15) is 0 Å². The van der Waals surface area contributed by atoms with Crippen LogP contribution in [0.25, 0.3) is 0 Å². The van der Waals surface area contributed by atoms with Gasteiger partial charge >= 0.3 is 0 Å². The number of halogens is 1. The SMILES string of the molecule is CC(N)Cc1ccc(Sc2ccccc2Br)cc1. The largest absolute Gasteiger partial charge is 0.328 e. The molecule has 3 heteroatoms. The predicted octanol–water partition coefficient (Wildman–Crippen LogP) is 4.49. The van der Waals surface area contributed by atoms with Gasteiger partial charge in [0, 0.05) is 20.3 Å². The summed E-state index contributed by atoms with van der Waals surface area (Å²) in [6.07, 6.45) is 0.931. The van der Waals surface area contributed by atoms with Crippen molar-refractivity contribution < 1.29 is 0 Å². The average Bonchev–Trinajstić information content (AvgIpc) is 2.34. The highest BCUT2D eigenvalue weighted by atomic mass is 79.9. The molecule has 0 spiro atoms. The molecule has 0 saturated heterocycles. The van der Waals surface area contributed by atoms with Crippen molar-refractivity contribution in [3.05, 3.63) is 58.6 Å². The highest BCUT2D eigenvalue weighted by Crippen LogP contribution is 2.33. The molecule has 18 heavy (non-hydrogen) atoms. The van der Waals surface area contributed by atoms with Crippen LogP contribution >= 0.6 is 27.7 Å². The minimum Gasteiger partial charge on any atom is -0.328 e. The van der Waals surface area contributed by atoms with E-state index in [-0.39, 0.29) is 6.04 Å². The summed E-state index contributed by atoms with van der Waals surface area (Å²) in [5.41, 5.74) is 7.09. The van der Waals surface area contributed by atoms with Gasteiger partial charge in [-0.3, -0.25) is 0 Å². The second-order valence-corrected chi connectivity index (χ2v) is 6.33. The van der Waals surface area contributed by atoms with Crippen LogP contribution in [0.1, 0.15) is 12.5 Å². The lowest BCUT2D eigenvalue weighted by atomic mass is 10.1. The molecule has 2 N–H and O–H groups in total. The molecule has 0 radical (unpaired) electrons. The highest BCUT2D eigenvalue weighted by molar-refractivity contribution is 9.10. The maximum Gasteiger partial charge on any atom is 0.0314 e. The van der Waals surface area contributed by atoms with E-state index in [1.807, 2.05) is 13.0 Å². The third-order valence-electron chi connectivity index (χ3n) is 2.55. The van der Waals surface area contributed by atoms with Gasteiger partial charge in [0.1, 0.15) is 0 Å². The van der Waals surface area contributed by atoms with Gasteiger partial charge in [-0.25, -0.2) is 0 Å². The van der Waals surface area contributed by atoms with Crippen LogP contribution in [-0.2, 0) is 6.42 Å². The Morgan fingerprint density at radius 2 is 1.78 bits per heavy atom. The van der Waals surface area contributed by atoms with Crippen molar-refractivity contribution in [2.45, 2.75) is 29.2 Å². The first-order chi connectivity index (χ1) is 8.65. The second kappa shape index (κ2) is 6.41. The molecule has 1 nitrogen and oxygen atoms in total. The Morgan fingerprint density at radius 3 is 2.39 bits per heavy atom. The molecule has 0 saturated carbocycles. The minimum absolute atomic E-state index is 0.215. The lowest BCUT2D eigenvalue weighted by Gasteiger charge is -2.07. The molecule has 0 bridgehead atoms. The molecule has 2 aromatic rings. The topological polar surface area (TPSA) is 26.0 Å². The first-order valence-electron chi connectivity index (χ1n) is 5.92. The maximum absolute atomic E-state index is 5.79. The van der Waals surface area contributed by atoms with Crippen molar-refractivity contribution in [3.63, 3.8) is 0 Å². The van der Waals surface area contributed by atoms with Gasteiger partial charge in [-0.2, -0.15) is 0 Å². The molecule has 0 aliphatic heterocycles. The van der Waals surface area contributed by atoms with E-state index in [0.29, 0.717) is 0 Å². The summed E-state index contributed by atoms with van der Waals surface area (Å²) in [6.45, 7) is 2.03. The van der Waals surface area contributed by atoms with Crippen LogP contribution in [0.5, 0.6) is 0 Å². The minimum atomic E-state index is 0.215. The monoisotopic (exact) mass is 321 g/mol. The van der Waals surface area contributed by atoms with Crippen LogP contribution < -0.4 is 5.73 Å². The highest BCUT2D eigenvalue weighted by Gasteiger charge is 2.02. The van der Waals surface area contributed by atoms with E-state index in [1.165, 1.54) is 15.4 Å². The van der Waals surface area contributed by atoms with Crippen LogP contribution in [-0.4, -0.2) is 6.04 Å². The molecule has 1 unspecified atom stereocenters. The van der Waals surface area contributed by atoms with Crippen molar-refractivity contribution in [2.75, 3.05) is 0 Å². The number of nitrogens with two attached hydrogens (primary N) is 1. The molecule has 0 aromatic heterocycles. The van der Waals surface area contributed by atoms with E-state index < -0.39 is 0 Å². The zero-order valence-corrected chi connectivity index (χ0v) is 12.7. The predicted molar refractivity (Wildman–Crippen MR) is 82.1 cm³/mol. The molecule has 0 amide bonds. The molecule has 0 aliphatic rings. The fraction of sp³-hybridized carbons (Fsp3) is 0.200. The van der Waals surface area contributed by atoms with Crippen molar-refractivity contribution in [1.29, 1.82) is 0 Å². The first kappa shape index (κ1) is 13.7. The van der Waals surface area contributed by atoms with Crippen LogP contribution in [0.3, 0.4) is 0 Å². The quantitative estimate of drug-likeness (QED) is 0.897. The summed E-state index contributed by atoms with van der Waals surface area (Å²) in [7, 11) is 0. The molecule has 2 aromatic carbocycles. The molecular formula is C15H16BrNS. The molecule has 2 rings (SSSR count). The molecule has 0 heterocycles. The molecule has 0 aliphatic carbocycles. The van der Waals surface area contributed by atoms with Crippen LogP contribution in [0.2, 0.25) is 0 Å². The third-order valence-corrected chi connectivity index (χ3v) is 4.58. The molecular weight excluding hydrogens is 306 g/mol. The van der Waals surface area contributed by atoms with Gasteiger partial charge in [0.15, 0.2) is 0 Å². The summed E-state index contributed by atoms with van der Waals surface area (Å²) in [4.78, 5) is 2.48. The maximum atomic E-state index is 5.79. The van der Waals surface area contributed by atoms with Gasteiger partial charge in [-0.1, -0.05) is 36.0 Å². The Balaban J connectivity index is 2.09.